The molecule has 0 saturated carbocycles. The smallest absolute Gasteiger partial charge is 0.260 e. The number of halogens is 2. The van der Waals surface area contributed by atoms with E-state index in [1.54, 1.807) is 0 Å². The van der Waals surface area contributed by atoms with Gasteiger partial charge in [0.2, 0.25) is 0 Å². The maximum atomic E-state index is 10.7. The molecule has 2 N–H and O–H groups in total. The van der Waals surface area contributed by atoms with Gasteiger partial charge in [-0.15, -0.1) is 0 Å². The topological polar surface area (TPSA) is 64.8 Å². The van der Waals surface area contributed by atoms with Crippen molar-refractivity contribution in [2.24, 2.45) is 5.90 Å². The molecule has 12 heavy (non-hydrogen) atoms. The van der Waals surface area contributed by atoms with E-state index in [0.717, 1.165) is 10.7 Å². The average Bonchev–Trinajstić information content (AvgIpc) is 2.05. The van der Waals surface area contributed by atoms with E-state index in [1.807, 2.05) is 0 Å². The summed E-state index contributed by atoms with van der Waals surface area (Å²) in [5, 5.41) is 3.00. The quantitative estimate of drug-likeness (QED) is 0.434. The summed E-state index contributed by atoms with van der Waals surface area (Å²) in [6.07, 6.45) is 0. The summed E-state index contributed by atoms with van der Waals surface area (Å²) in [5.74, 6) is 4.67. The predicted molar refractivity (Wildman–Crippen MR) is 54.5 cm³/mol. The molecule has 0 radical (unpaired) electrons. The van der Waals surface area contributed by atoms with Gasteiger partial charge in [0, 0.05) is 23.7 Å². The zero-order chi connectivity index (χ0) is 9.40. The van der Waals surface area contributed by atoms with E-state index in [4.69, 9.17) is 4.62 Å². The zero-order valence-corrected chi connectivity index (χ0v) is 10.5. The molecule has 0 aliphatic rings. The van der Waals surface area contributed by atoms with Crippen molar-refractivity contribution in [3.05, 3.63) is 0 Å². The minimum Gasteiger partial charge on any atom is -0.260 e. The fourth-order valence-corrected chi connectivity index (χ4v) is 1.75. The summed E-state index contributed by atoms with van der Waals surface area (Å²) in [6, 6.07) is 0. The fraction of sp³-hybridized carbons (Fsp3) is 1.00. The van der Waals surface area contributed by atoms with Gasteiger partial charge in [0.25, 0.3) is 0 Å². The lowest BCUT2D eigenvalue weighted by molar-refractivity contribution is -0.0524. The first-order valence-electron chi connectivity index (χ1n) is 3.20. The van der Waals surface area contributed by atoms with E-state index >= 15 is 0 Å². The summed E-state index contributed by atoms with van der Waals surface area (Å²) in [7, 11) is -2.56. The van der Waals surface area contributed by atoms with Gasteiger partial charge in [0.05, 0.1) is 0 Å². The van der Waals surface area contributed by atoms with Crippen molar-refractivity contribution in [3.8, 4) is 0 Å². The van der Waals surface area contributed by atoms with Gasteiger partial charge in [-0.1, -0.05) is 31.9 Å². The summed E-state index contributed by atoms with van der Waals surface area (Å²) < 4.78 is 19.6. The molecule has 0 aliphatic carbocycles. The highest BCUT2D eigenvalue weighted by Crippen LogP contribution is 2.22. The fourth-order valence-electron chi connectivity index (χ4n) is 0.519. The van der Waals surface area contributed by atoms with Crippen molar-refractivity contribution < 1.29 is 13.8 Å². The van der Waals surface area contributed by atoms with E-state index in [0.29, 0.717) is 13.1 Å². The van der Waals surface area contributed by atoms with E-state index in [9.17, 15) is 4.57 Å². The molecule has 8 heteroatoms. The molecule has 0 saturated heterocycles. The number of hydroxylamine groups is 2. The van der Waals surface area contributed by atoms with Crippen molar-refractivity contribution in [2.45, 2.75) is 0 Å². The highest BCUT2D eigenvalue weighted by molar-refractivity contribution is 9.09. The van der Waals surface area contributed by atoms with E-state index in [1.165, 1.54) is 5.06 Å². The molecule has 74 valence electrons. The molecule has 0 aromatic carbocycles. The Bertz CT molecular complexity index is 133. The molecule has 0 aromatic rings. The lowest BCUT2D eigenvalue weighted by atomic mass is 10.6. The van der Waals surface area contributed by atoms with Crippen LogP contribution >= 0.6 is 40.1 Å². The third kappa shape index (κ3) is 6.54. The predicted octanol–water partition coefficient (Wildman–Crippen LogP) is 1.29. The van der Waals surface area contributed by atoms with Gasteiger partial charge >= 0.3 is 8.25 Å². The average molecular weight is 326 g/mol. The first-order valence-corrected chi connectivity index (χ1v) is 6.67. The lowest BCUT2D eigenvalue weighted by Gasteiger charge is -2.17. The molecule has 5 nitrogen and oxygen atoms in total. The largest absolute Gasteiger partial charge is 0.351 e. The van der Waals surface area contributed by atoms with Gasteiger partial charge in [-0.05, 0) is 0 Å². The van der Waals surface area contributed by atoms with Crippen LogP contribution in [0.2, 0.25) is 0 Å². The Hall–Kier alpha value is 1.03. The van der Waals surface area contributed by atoms with Crippen molar-refractivity contribution in [1.82, 2.24) is 5.06 Å². The second-order valence-electron chi connectivity index (χ2n) is 1.77. The van der Waals surface area contributed by atoms with Gasteiger partial charge in [-0.25, -0.2) is 15.1 Å². The summed E-state index contributed by atoms with van der Waals surface area (Å²) in [6.45, 7) is 1.26. The van der Waals surface area contributed by atoms with Crippen LogP contribution in [0.3, 0.4) is 0 Å². The minimum atomic E-state index is -2.56. The van der Waals surface area contributed by atoms with Crippen LogP contribution in [0.5, 0.6) is 0 Å². The number of hydrogen-bond donors (Lipinski definition) is 1. The van der Waals surface area contributed by atoms with Gasteiger partial charge in [0.15, 0.2) is 0 Å². The van der Waals surface area contributed by atoms with Crippen LogP contribution in [-0.4, -0.2) is 28.8 Å². The standard InChI is InChI=1S/C4H11Br2N2O3P/c5-1-3-8(4-2-6)11-12(9)10-7/h12H,1-4,7H2. The lowest BCUT2D eigenvalue weighted by Crippen LogP contribution is -2.25. The van der Waals surface area contributed by atoms with E-state index < -0.39 is 8.25 Å². The number of rotatable bonds is 7. The second kappa shape index (κ2) is 8.62. The van der Waals surface area contributed by atoms with Gasteiger partial charge in [-0.2, -0.15) is 5.06 Å². The highest BCUT2D eigenvalue weighted by Gasteiger charge is 2.07. The van der Waals surface area contributed by atoms with Crippen molar-refractivity contribution in [2.75, 3.05) is 23.7 Å². The SMILES string of the molecule is NO[PH](=O)ON(CCBr)CCBr. The molecule has 0 heterocycles. The number of alkyl halides is 2. The summed E-state index contributed by atoms with van der Waals surface area (Å²) in [4.78, 5) is 0. The van der Waals surface area contributed by atoms with Crippen LogP contribution in [0.1, 0.15) is 0 Å². The summed E-state index contributed by atoms with van der Waals surface area (Å²) >= 11 is 6.46. The van der Waals surface area contributed by atoms with Crippen LogP contribution in [0.15, 0.2) is 0 Å². The number of nitrogens with two attached hydrogens (primary N) is 1. The molecule has 0 rings (SSSR count). The molecule has 0 fully saturated rings. The summed E-state index contributed by atoms with van der Waals surface area (Å²) in [5.41, 5.74) is 0. The second-order valence-corrected chi connectivity index (χ2v) is 4.27. The molecule has 1 atom stereocenters. The molecule has 0 amide bonds. The molecule has 1 unspecified atom stereocenters. The van der Waals surface area contributed by atoms with E-state index in [2.05, 4.69) is 42.4 Å². The van der Waals surface area contributed by atoms with Crippen LogP contribution in [0, 0.1) is 0 Å². The number of nitrogens with zero attached hydrogens (tertiary/aromatic N) is 1. The Morgan fingerprint density at radius 3 is 2.17 bits per heavy atom. The van der Waals surface area contributed by atoms with Crippen LogP contribution < -0.4 is 5.90 Å². The first-order chi connectivity index (χ1) is 5.74. The minimum absolute atomic E-state index is 0.630. The zero-order valence-electron chi connectivity index (χ0n) is 6.33. The van der Waals surface area contributed by atoms with Crippen molar-refractivity contribution in [1.29, 1.82) is 0 Å². The van der Waals surface area contributed by atoms with Gasteiger partial charge < -0.3 is 0 Å². The van der Waals surface area contributed by atoms with E-state index in [-0.39, 0.29) is 0 Å². The normalized spacial score (nSPS) is 13.7. The van der Waals surface area contributed by atoms with Crippen LogP contribution in [0.4, 0.5) is 0 Å². The Morgan fingerprint density at radius 1 is 1.33 bits per heavy atom. The number of hydrogen-bond acceptors (Lipinski definition) is 5. The third-order valence-corrected chi connectivity index (χ3v) is 2.28. The molecule has 0 bridgehead atoms. The monoisotopic (exact) mass is 324 g/mol. The van der Waals surface area contributed by atoms with Crippen molar-refractivity contribution in [3.63, 3.8) is 0 Å². The maximum absolute atomic E-state index is 10.7. The molecule has 0 spiro atoms. The molecule has 0 aromatic heterocycles. The third-order valence-electron chi connectivity index (χ3n) is 0.968. The molecule has 0 aliphatic heterocycles. The Kier molecular flexibility index (Phi) is 9.36. The highest BCUT2D eigenvalue weighted by atomic mass is 79.9. The van der Waals surface area contributed by atoms with Gasteiger partial charge in [0.1, 0.15) is 0 Å². The maximum Gasteiger partial charge on any atom is 0.351 e. The Balaban J connectivity index is 3.68. The first kappa shape index (κ1) is 13.0. The van der Waals surface area contributed by atoms with Gasteiger partial charge in [-0.3, -0.25) is 4.57 Å². The Morgan fingerprint density at radius 2 is 1.83 bits per heavy atom. The molecular weight excluding hydrogens is 315 g/mol. The van der Waals surface area contributed by atoms with Crippen LogP contribution in [-0.2, 0) is 13.8 Å². The van der Waals surface area contributed by atoms with Crippen molar-refractivity contribution >= 4 is 40.1 Å². The van der Waals surface area contributed by atoms with Crippen LogP contribution in [0.25, 0.3) is 0 Å². The Labute approximate surface area is 88.7 Å². The molecular formula is C4H11Br2N2O3P.